The lowest BCUT2D eigenvalue weighted by Crippen LogP contribution is -2.44. The molecular weight excluding hydrogens is 272 g/mol. The summed E-state index contributed by atoms with van der Waals surface area (Å²) in [5.41, 5.74) is 0. The van der Waals surface area contributed by atoms with Crippen LogP contribution in [0, 0.1) is 5.92 Å². The standard InChI is InChI=1S/C15H30N2O2S/c1-12-7-8-16-14(13-5-6-13)11-17(12)9-10-20(18,19)15(2,3)4/h12-14,16H,5-11H2,1-4H3. The van der Waals surface area contributed by atoms with Crippen LogP contribution in [0.5, 0.6) is 0 Å². The second-order valence-corrected chi connectivity index (χ2v) is 10.3. The van der Waals surface area contributed by atoms with E-state index >= 15 is 0 Å². The van der Waals surface area contributed by atoms with Gasteiger partial charge in [0.15, 0.2) is 9.84 Å². The number of nitrogens with zero attached hydrogens (tertiary/aromatic N) is 1. The Morgan fingerprint density at radius 1 is 1.20 bits per heavy atom. The summed E-state index contributed by atoms with van der Waals surface area (Å²) < 4.78 is 23.9. The highest BCUT2D eigenvalue weighted by molar-refractivity contribution is 7.92. The van der Waals surface area contributed by atoms with Crippen molar-refractivity contribution in [3.63, 3.8) is 0 Å². The Labute approximate surface area is 124 Å². The van der Waals surface area contributed by atoms with Gasteiger partial charge in [0.05, 0.1) is 10.5 Å². The van der Waals surface area contributed by atoms with E-state index in [2.05, 4.69) is 17.1 Å². The van der Waals surface area contributed by atoms with Gasteiger partial charge in [0.25, 0.3) is 0 Å². The predicted molar refractivity (Wildman–Crippen MR) is 83.7 cm³/mol. The fraction of sp³-hybridized carbons (Fsp3) is 1.00. The van der Waals surface area contributed by atoms with Gasteiger partial charge in [-0.05, 0) is 59.4 Å². The van der Waals surface area contributed by atoms with Gasteiger partial charge in [0, 0.05) is 25.2 Å². The molecule has 2 aliphatic rings. The van der Waals surface area contributed by atoms with Crippen molar-refractivity contribution in [2.45, 2.75) is 63.8 Å². The van der Waals surface area contributed by atoms with E-state index in [0.29, 0.717) is 18.6 Å². The summed E-state index contributed by atoms with van der Waals surface area (Å²) in [5.74, 6) is 1.10. The van der Waals surface area contributed by atoms with Crippen molar-refractivity contribution in [3.8, 4) is 0 Å². The predicted octanol–water partition coefficient (Wildman–Crippen LogP) is 1.66. The van der Waals surface area contributed by atoms with E-state index in [0.717, 1.165) is 25.4 Å². The largest absolute Gasteiger partial charge is 0.312 e. The van der Waals surface area contributed by atoms with Gasteiger partial charge in [0.2, 0.25) is 0 Å². The van der Waals surface area contributed by atoms with Gasteiger partial charge in [-0.1, -0.05) is 0 Å². The Bertz CT molecular complexity index is 424. The minimum atomic E-state index is -3.02. The fourth-order valence-electron chi connectivity index (χ4n) is 2.83. The molecule has 1 aliphatic heterocycles. The summed E-state index contributed by atoms with van der Waals surface area (Å²) in [6.45, 7) is 10.3. The van der Waals surface area contributed by atoms with Gasteiger partial charge in [-0.3, -0.25) is 4.90 Å². The molecular formula is C15H30N2O2S. The Balaban J connectivity index is 1.95. The lowest BCUT2D eigenvalue weighted by Gasteiger charge is -2.30. The van der Waals surface area contributed by atoms with E-state index in [4.69, 9.17) is 0 Å². The third-order valence-electron chi connectivity index (χ3n) is 4.79. The second-order valence-electron chi connectivity index (χ2n) is 7.46. The van der Waals surface area contributed by atoms with Crippen molar-refractivity contribution in [2.24, 2.45) is 5.92 Å². The van der Waals surface area contributed by atoms with Crippen LogP contribution in [0.15, 0.2) is 0 Å². The van der Waals surface area contributed by atoms with E-state index in [1.165, 1.54) is 12.8 Å². The van der Waals surface area contributed by atoms with Crippen LogP contribution in [0.3, 0.4) is 0 Å². The normalized spacial score (nSPS) is 30.2. The summed E-state index contributed by atoms with van der Waals surface area (Å²) in [7, 11) is -3.02. The molecule has 0 radical (unpaired) electrons. The average Bonchev–Trinajstić information content (AvgIpc) is 3.12. The highest BCUT2D eigenvalue weighted by atomic mass is 32.2. The van der Waals surface area contributed by atoms with E-state index in [-0.39, 0.29) is 5.75 Å². The fourth-order valence-corrected chi connectivity index (χ4v) is 3.91. The van der Waals surface area contributed by atoms with Crippen LogP contribution in [-0.4, -0.2) is 55.5 Å². The first-order valence-corrected chi connectivity index (χ1v) is 9.55. The number of sulfone groups is 1. The molecule has 1 aliphatic carbocycles. The Hall–Kier alpha value is -0.130. The summed E-state index contributed by atoms with van der Waals surface area (Å²) in [5, 5.41) is 3.64. The molecule has 5 heteroatoms. The van der Waals surface area contributed by atoms with Gasteiger partial charge in [-0.2, -0.15) is 0 Å². The SMILES string of the molecule is CC1CCNC(C2CC2)CN1CCS(=O)(=O)C(C)(C)C. The molecule has 20 heavy (non-hydrogen) atoms. The van der Waals surface area contributed by atoms with Crippen molar-refractivity contribution in [3.05, 3.63) is 0 Å². The number of hydrogen-bond acceptors (Lipinski definition) is 4. The van der Waals surface area contributed by atoms with Crippen LogP contribution < -0.4 is 5.32 Å². The summed E-state index contributed by atoms with van der Waals surface area (Å²) in [6, 6.07) is 1.04. The van der Waals surface area contributed by atoms with E-state index < -0.39 is 14.6 Å². The maximum atomic E-state index is 12.3. The van der Waals surface area contributed by atoms with Crippen LogP contribution in [0.4, 0.5) is 0 Å². The second kappa shape index (κ2) is 5.93. The van der Waals surface area contributed by atoms with Gasteiger partial charge in [-0.15, -0.1) is 0 Å². The van der Waals surface area contributed by atoms with Crippen LogP contribution in [-0.2, 0) is 9.84 Å². The molecule has 2 unspecified atom stereocenters. The first kappa shape index (κ1) is 16.2. The number of nitrogens with one attached hydrogen (secondary N) is 1. The monoisotopic (exact) mass is 302 g/mol. The smallest absolute Gasteiger partial charge is 0.156 e. The van der Waals surface area contributed by atoms with Gasteiger partial charge in [0.1, 0.15) is 0 Å². The molecule has 4 nitrogen and oxygen atoms in total. The van der Waals surface area contributed by atoms with Gasteiger partial charge in [-0.25, -0.2) is 8.42 Å². The maximum absolute atomic E-state index is 12.3. The van der Waals surface area contributed by atoms with Gasteiger partial charge >= 0.3 is 0 Å². The lowest BCUT2D eigenvalue weighted by atomic mass is 10.1. The van der Waals surface area contributed by atoms with Gasteiger partial charge < -0.3 is 5.32 Å². The van der Waals surface area contributed by atoms with Crippen molar-refractivity contribution in [1.82, 2.24) is 10.2 Å². The molecule has 1 heterocycles. The Morgan fingerprint density at radius 3 is 2.40 bits per heavy atom. The molecule has 0 aromatic rings. The molecule has 2 rings (SSSR count). The van der Waals surface area contributed by atoms with Crippen LogP contribution in [0.1, 0.15) is 47.0 Å². The molecule has 1 saturated heterocycles. The first-order valence-electron chi connectivity index (χ1n) is 7.90. The minimum Gasteiger partial charge on any atom is -0.312 e. The average molecular weight is 302 g/mol. The minimum absolute atomic E-state index is 0.276. The van der Waals surface area contributed by atoms with E-state index in [9.17, 15) is 8.42 Å². The van der Waals surface area contributed by atoms with E-state index in [1.54, 1.807) is 20.8 Å². The molecule has 2 atom stereocenters. The third kappa shape index (κ3) is 3.95. The first-order chi connectivity index (χ1) is 9.21. The summed E-state index contributed by atoms with van der Waals surface area (Å²) in [6.07, 6.45) is 3.78. The molecule has 118 valence electrons. The van der Waals surface area contributed by atoms with Crippen molar-refractivity contribution < 1.29 is 8.42 Å². The zero-order valence-electron chi connectivity index (χ0n) is 13.4. The van der Waals surface area contributed by atoms with Crippen molar-refractivity contribution >= 4 is 9.84 Å². The zero-order chi connectivity index (χ0) is 15.0. The molecule has 2 fully saturated rings. The molecule has 0 aromatic heterocycles. The Kier molecular flexibility index (Phi) is 4.82. The van der Waals surface area contributed by atoms with E-state index in [1.807, 2.05) is 0 Å². The van der Waals surface area contributed by atoms with Crippen LogP contribution in [0.2, 0.25) is 0 Å². The topological polar surface area (TPSA) is 49.4 Å². The van der Waals surface area contributed by atoms with Crippen molar-refractivity contribution in [1.29, 1.82) is 0 Å². The molecule has 0 aromatic carbocycles. The molecule has 0 bridgehead atoms. The number of hydrogen-bond donors (Lipinski definition) is 1. The molecule has 1 saturated carbocycles. The highest BCUT2D eigenvalue weighted by Crippen LogP contribution is 2.34. The summed E-state index contributed by atoms with van der Waals surface area (Å²) >= 11 is 0. The van der Waals surface area contributed by atoms with Crippen molar-refractivity contribution in [2.75, 3.05) is 25.4 Å². The van der Waals surface area contributed by atoms with Crippen LogP contribution >= 0.6 is 0 Å². The molecule has 0 amide bonds. The lowest BCUT2D eigenvalue weighted by molar-refractivity contribution is 0.210. The molecule has 0 spiro atoms. The highest BCUT2D eigenvalue weighted by Gasteiger charge is 2.35. The molecule has 1 N–H and O–H groups in total. The number of rotatable bonds is 4. The third-order valence-corrected chi connectivity index (χ3v) is 7.38. The maximum Gasteiger partial charge on any atom is 0.156 e. The quantitative estimate of drug-likeness (QED) is 0.858. The summed E-state index contributed by atoms with van der Waals surface area (Å²) in [4.78, 5) is 2.38. The Morgan fingerprint density at radius 2 is 1.85 bits per heavy atom. The van der Waals surface area contributed by atoms with Crippen LogP contribution in [0.25, 0.3) is 0 Å². The zero-order valence-corrected chi connectivity index (χ0v) is 14.2.